The fourth-order valence-corrected chi connectivity index (χ4v) is 2.31. The molecule has 1 amide bonds. The maximum absolute atomic E-state index is 12.2. The van der Waals surface area contributed by atoms with E-state index >= 15 is 0 Å². The lowest BCUT2D eigenvalue weighted by Crippen LogP contribution is -2.28. The highest BCUT2D eigenvalue weighted by atomic mass is 35.5. The topological polar surface area (TPSA) is 59.8 Å². The van der Waals surface area contributed by atoms with Gasteiger partial charge in [-0.1, -0.05) is 23.2 Å². The van der Waals surface area contributed by atoms with Crippen LogP contribution in [0.3, 0.4) is 0 Å². The summed E-state index contributed by atoms with van der Waals surface area (Å²) in [5, 5.41) is 7.74. The lowest BCUT2D eigenvalue weighted by atomic mass is 10.1. The van der Waals surface area contributed by atoms with Crippen molar-refractivity contribution in [1.82, 2.24) is 20.1 Å². The molecule has 0 saturated heterocycles. The maximum atomic E-state index is 12.2. The SMILES string of the molecule is Cc1c(Cl)cc(C(=O)NC(C)c2ncnn2C)cc1Cl. The zero-order valence-corrected chi connectivity index (χ0v) is 12.8. The Kier molecular flexibility index (Phi) is 4.30. The van der Waals surface area contributed by atoms with Gasteiger partial charge in [0.25, 0.3) is 5.91 Å². The molecule has 2 rings (SSSR count). The molecule has 0 radical (unpaired) electrons. The van der Waals surface area contributed by atoms with Crippen LogP contribution >= 0.6 is 23.2 Å². The smallest absolute Gasteiger partial charge is 0.251 e. The first-order chi connectivity index (χ1) is 9.40. The molecule has 1 aromatic carbocycles. The number of benzene rings is 1. The quantitative estimate of drug-likeness (QED) is 0.948. The van der Waals surface area contributed by atoms with Crippen molar-refractivity contribution in [2.24, 2.45) is 7.05 Å². The Hall–Kier alpha value is -1.59. The van der Waals surface area contributed by atoms with Gasteiger partial charge < -0.3 is 5.32 Å². The van der Waals surface area contributed by atoms with E-state index in [4.69, 9.17) is 23.2 Å². The van der Waals surface area contributed by atoms with Crippen LogP contribution in [0.25, 0.3) is 0 Å². The Bertz CT molecular complexity index is 631. The summed E-state index contributed by atoms with van der Waals surface area (Å²) >= 11 is 12.1. The normalized spacial score (nSPS) is 12.2. The zero-order valence-electron chi connectivity index (χ0n) is 11.3. The number of rotatable bonds is 3. The molecule has 0 spiro atoms. The van der Waals surface area contributed by atoms with Crippen LogP contribution in [0.5, 0.6) is 0 Å². The second kappa shape index (κ2) is 5.81. The van der Waals surface area contributed by atoms with Crippen LogP contribution in [0.1, 0.15) is 34.7 Å². The fourth-order valence-electron chi connectivity index (χ4n) is 1.82. The van der Waals surface area contributed by atoms with E-state index in [1.807, 2.05) is 6.92 Å². The number of aromatic nitrogens is 3. The first-order valence-corrected chi connectivity index (χ1v) is 6.76. The summed E-state index contributed by atoms with van der Waals surface area (Å²) in [6.07, 6.45) is 1.44. The highest BCUT2D eigenvalue weighted by molar-refractivity contribution is 6.36. The van der Waals surface area contributed by atoms with E-state index in [1.165, 1.54) is 6.33 Å². The maximum Gasteiger partial charge on any atom is 0.251 e. The Morgan fingerprint density at radius 3 is 2.45 bits per heavy atom. The number of nitrogens with one attached hydrogen (secondary N) is 1. The average molecular weight is 313 g/mol. The molecule has 1 aromatic heterocycles. The van der Waals surface area contributed by atoms with Crippen molar-refractivity contribution in [3.63, 3.8) is 0 Å². The molecule has 7 heteroatoms. The fraction of sp³-hybridized carbons (Fsp3) is 0.308. The third kappa shape index (κ3) is 2.94. The van der Waals surface area contributed by atoms with Crippen molar-refractivity contribution >= 4 is 29.1 Å². The third-order valence-corrected chi connectivity index (χ3v) is 3.81. The summed E-state index contributed by atoms with van der Waals surface area (Å²) in [5.74, 6) is 0.409. The number of nitrogens with zero attached hydrogens (tertiary/aromatic N) is 3. The van der Waals surface area contributed by atoms with E-state index in [1.54, 1.807) is 30.8 Å². The minimum Gasteiger partial charge on any atom is -0.342 e. The average Bonchev–Trinajstić information content (AvgIpc) is 2.81. The number of carbonyl (C=O) groups is 1. The summed E-state index contributed by atoms with van der Waals surface area (Å²) in [6.45, 7) is 3.63. The molecule has 20 heavy (non-hydrogen) atoms. The van der Waals surface area contributed by atoms with Crippen LogP contribution in [-0.2, 0) is 7.05 Å². The van der Waals surface area contributed by atoms with Gasteiger partial charge in [0, 0.05) is 22.7 Å². The number of hydrogen-bond donors (Lipinski definition) is 1. The van der Waals surface area contributed by atoms with Crippen molar-refractivity contribution in [2.75, 3.05) is 0 Å². The monoisotopic (exact) mass is 312 g/mol. The summed E-state index contributed by atoms with van der Waals surface area (Å²) in [6, 6.07) is 2.93. The van der Waals surface area contributed by atoms with E-state index in [0.29, 0.717) is 21.4 Å². The standard InChI is InChI=1S/C13H14Cl2N4O/c1-7-10(14)4-9(5-11(7)15)13(20)18-8(2)12-16-6-17-19(12)3/h4-6,8H,1-3H3,(H,18,20). The second-order valence-corrected chi connectivity index (χ2v) is 5.32. The van der Waals surface area contributed by atoms with E-state index in [0.717, 1.165) is 5.56 Å². The van der Waals surface area contributed by atoms with Gasteiger partial charge in [-0.3, -0.25) is 9.48 Å². The Morgan fingerprint density at radius 2 is 1.95 bits per heavy atom. The van der Waals surface area contributed by atoms with Gasteiger partial charge in [0.15, 0.2) is 0 Å². The molecule has 5 nitrogen and oxygen atoms in total. The van der Waals surface area contributed by atoms with Crippen molar-refractivity contribution in [3.05, 3.63) is 45.5 Å². The Morgan fingerprint density at radius 1 is 1.35 bits per heavy atom. The van der Waals surface area contributed by atoms with Gasteiger partial charge in [0.05, 0.1) is 6.04 Å². The molecule has 1 atom stereocenters. The van der Waals surface area contributed by atoms with Gasteiger partial charge in [-0.05, 0) is 31.5 Å². The van der Waals surface area contributed by atoms with Gasteiger partial charge in [-0.2, -0.15) is 5.10 Å². The molecule has 0 aliphatic heterocycles. The summed E-state index contributed by atoms with van der Waals surface area (Å²) in [5.41, 5.74) is 1.17. The predicted octanol–water partition coefficient (Wildman–Crippen LogP) is 2.92. The number of halogens is 2. The number of amides is 1. The highest BCUT2D eigenvalue weighted by Crippen LogP contribution is 2.25. The summed E-state index contributed by atoms with van der Waals surface area (Å²) in [7, 11) is 1.77. The first kappa shape index (κ1) is 14.8. The van der Waals surface area contributed by atoms with Crippen molar-refractivity contribution < 1.29 is 4.79 Å². The predicted molar refractivity (Wildman–Crippen MR) is 78.1 cm³/mol. The molecule has 0 aliphatic carbocycles. The van der Waals surface area contributed by atoms with E-state index < -0.39 is 0 Å². The first-order valence-electron chi connectivity index (χ1n) is 6.00. The number of aryl methyl sites for hydroxylation is 1. The van der Waals surface area contributed by atoms with E-state index in [-0.39, 0.29) is 11.9 Å². The second-order valence-electron chi connectivity index (χ2n) is 4.50. The van der Waals surface area contributed by atoms with Crippen molar-refractivity contribution in [2.45, 2.75) is 19.9 Å². The van der Waals surface area contributed by atoms with Crippen LogP contribution in [-0.4, -0.2) is 20.7 Å². The lowest BCUT2D eigenvalue weighted by Gasteiger charge is -2.13. The molecule has 0 fully saturated rings. The molecular formula is C13H14Cl2N4O. The molecule has 0 bridgehead atoms. The van der Waals surface area contributed by atoms with Gasteiger partial charge >= 0.3 is 0 Å². The number of carbonyl (C=O) groups excluding carboxylic acids is 1. The van der Waals surface area contributed by atoms with Gasteiger partial charge in [0.2, 0.25) is 0 Å². The van der Waals surface area contributed by atoms with E-state index in [2.05, 4.69) is 15.4 Å². The third-order valence-electron chi connectivity index (χ3n) is 3.02. The van der Waals surface area contributed by atoms with Crippen molar-refractivity contribution in [3.8, 4) is 0 Å². The Balaban J connectivity index is 2.19. The number of hydrogen-bond acceptors (Lipinski definition) is 3. The van der Waals surface area contributed by atoms with Gasteiger partial charge in [-0.15, -0.1) is 0 Å². The van der Waals surface area contributed by atoms with Crippen molar-refractivity contribution in [1.29, 1.82) is 0 Å². The van der Waals surface area contributed by atoms with Gasteiger partial charge in [0.1, 0.15) is 12.2 Å². The Labute approximate surface area is 126 Å². The van der Waals surface area contributed by atoms with Gasteiger partial charge in [-0.25, -0.2) is 4.98 Å². The molecule has 1 heterocycles. The minimum absolute atomic E-state index is 0.260. The molecule has 106 valence electrons. The molecular weight excluding hydrogens is 299 g/mol. The van der Waals surface area contributed by atoms with E-state index in [9.17, 15) is 4.79 Å². The molecule has 2 aromatic rings. The molecule has 1 N–H and O–H groups in total. The van der Waals surface area contributed by atoms with Crippen LogP contribution < -0.4 is 5.32 Å². The molecule has 1 unspecified atom stereocenters. The molecule has 0 saturated carbocycles. The van der Waals surface area contributed by atoms with Crippen LogP contribution in [0.15, 0.2) is 18.5 Å². The summed E-state index contributed by atoms with van der Waals surface area (Å²) in [4.78, 5) is 16.3. The van der Waals surface area contributed by atoms with Crippen LogP contribution in [0, 0.1) is 6.92 Å². The molecule has 0 aliphatic rings. The zero-order chi connectivity index (χ0) is 14.9. The lowest BCUT2D eigenvalue weighted by molar-refractivity contribution is 0.0937. The largest absolute Gasteiger partial charge is 0.342 e. The highest BCUT2D eigenvalue weighted by Gasteiger charge is 2.16. The summed E-state index contributed by atoms with van der Waals surface area (Å²) < 4.78 is 1.61. The minimum atomic E-state index is -0.270. The van der Waals surface area contributed by atoms with Crippen LogP contribution in [0.4, 0.5) is 0 Å². The van der Waals surface area contributed by atoms with Crippen LogP contribution in [0.2, 0.25) is 10.0 Å².